The number of aromatic nitrogens is 3. The smallest absolute Gasteiger partial charge is 0.340 e. The number of pyridine rings is 1. The number of nitrogens with one attached hydrogen (secondary N) is 1. The van der Waals surface area contributed by atoms with E-state index in [9.17, 15) is 13.2 Å². The van der Waals surface area contributed by atoms with Gasteiger partial charge in [0.05, 0.1) is 0 Å². The topological polar surface area (TPSA) is 53.9 Å². The second-order valence-electron chi connectivity index (χ2n) is 3.86. The monoisotopic (exact) mass is 268 g/mol. The Kier molecular flexibility index (Phi) is 3.64. The molecule has 0 radical (unpaired) electrons. The first-order valence-corrected chi connectivity index (χ1v) is 5.48. The molecule has 0 bridgehead atoms. The Labute approximate surface area is 107 Å². The van der Waals surface area contributed by atoms with Gasteiger partial charge in [-0.15, -0.1) is 0 Å². The minimum absolute atomic E-state index is 0.265. The van der Waals surface area contributed by atoms with Crippen LogP contribution in [0.5, 0.6) is 0 Å². The lowest BCUT2D eigenvalue weighted by atomic mass is 10.1. The molecular weight excluding hydrogens is 257 g/mol. The second kappa shape index (κ2) is 5.21. The molecule has 2 aromatic rings. The highest BCUT2D eigenvalue weighted by atomic mass is 19.4. The van der Waals surface area contributed by atoms with Crippen molar-refractivity contribution in [3.05, 3.63) is 47.8 Å². The average Bonchev–Trinajstić information content (AvgIpc) is 2.77. The molecule has 1 N–H and O–H groups in total. The number of rotatable bonds is 3. The van der Waals surface area contributed by atoms with Gasteiger partial charge in [-0.3, -0.25) is 9.98 Å². The summed E-state index contributed by atoms with van der Waals surface area (Å²) in [6.45, 7) is 0. The average molecular weight is 268 g/mol. The minimum atomic E-state index is -4.51. The van der Waals surface area contributed by atoms with Crippen LogP contribution in [0.4, 0.5) is 13.2 Å². The van der Waals surface area contributed by atoms with Crippen molar-refractivity contribution in [2.45, 2.75) is 12.6 Å². The number of hydrogen-bond donors (Lipinski definition) is 1. The van der Waals surface area contributed by atoms with E-state index in [2.05, 4.69) is 19.9 Å². The van der Waals surface area contributed by atoms with Gasteiger partial charge in [0.15, 0.2) is 11.5 Å². The van der Waals surface area contributed by atoms with Crippen LogP contribution in [0.2, 0.25) is 0 Å². The molecule has 2 rings (SSSR count). The quantitative estimate of drug-likeness (QED) is 0.869. The molecule has 0 saturated carbocycles. The number of hydrogen-bond acceptors (Lipinski definition) is 3. The van der Waals surface area contributed by atoms with Gasteiger partial charge >= 0.3 is 6.18 Å². The number of aliphatic imine (C=N–C) groups is 1. The Bertz CT molecular complexity index is 572. The molecule has 0 aromatic carbocycles. The first kappa shape index (κ1) is 13.3. The number of nitrogens with zero attached hydrogens (tertiary/aromatic N) is 3. The summed E-state index contributed by atoms with van der Waals surface area (Å²) in [5.41, 5.74) is 0.521. The molecular formula is C12H11F3N4. The van der Waals surface area contributed by atoms with Gasteiger partial charge in [-0.05, 0) is 17.7 Å². The zero-order chi connectivity index (χ0) is 13.9. The Balaban J connectivity index is 2.20. The SMILES string of the molecule is CN=C(c1ncc(Cc2ccncc2)[nH]1)C(F)(F)F. The number of imidazole rings is 1. The molecule has 2 heterocycles. The van der Waals surface area contributed by atoms with Crippen LogP contribution in [-0.4, -0.2) is 33.9 Å². The minimum Gasteiger partial charge on any atom is -0.340 e. The van der Waals surface area contributed by atoms with Crippen LogP contribution in [0.15, 0.2) is 35.7 Å². The molecule has 0 aliphatic heterocycles. The summed E-state index contributed by atoms with van der Waals surface area (Å²) in [5, 5.41) is 0. The van der Waals surface area contributed by atoms with E-state index in [0.717, 1.165) is 12.6 Å². The second-order valence-corrected chi connectivity index (χ2v) is 3.86. The summed E-state index contributed by atoms with van der Waals surface area (Å²) < 4.78 is 37.9. The van der Waals surface area contributed by atoms with Crippen molar-refractivity contribution in [1.29, 1.82) is 0 Å². The van der Waals surface area contributed by atoms with E-state index in [-0.39, 0.29) is 5.82 Å². The fourth-order valence-electron chi connectivity index (χ4n) is 1.66. The normalized spacial score (nSPS) is 12.7. The summed E-state index contributed by atoms with van der Waals surface area (Å²) in [7, 11) is 1.09. The highest BCUT2D eigenvalue weighted by Crippen LogP contribution is 2.21. The fraction of sp³-hybridized carbons (Fsp3) is 0.250. The van der Waals surface area contributed by atoms with Crippen molar-refractivity contribution in [2.75, 3.05) is 7.05 Å². The maximum atomic E-state index is 12.6. The number of H-pyrrole nitrogens is 1. The predicted molar refractivity (Wildman–Crippen MR) is 64.1 cm³/mol. The van der Waals surface area contributed by atoms with E-state index >= 15 is 0 Å². The van der Waals surface area contributed by atoms with Gasteiger partial charge in [0.25, 0.3) is 0 Å². The van der Waals surface area contributed by atoms with E-state index in [1.54, 1.807) is 24.5 Å². The largest absolute Gasteiger partial charge is 0.436 e. The van der Waals surface area contributed by atoms with E-state index in [1.165, 1.54) is 6.20 Å². The van der Waals surface area contributed by atoms with Gasteiger partial charge < -0.3 is 4.98 Å². The van der Waals surface area contributed by atoms with Crippen LogP contribution in [0.3, 0.4) is 0 Å². The van der Waals surface area contributed by atoms with Crippen molar-refractivity contribution in [1.82, 2.24) is 15.0 Å². The first-order chi connectivity index (χ1) is 9.00. The molecule has 19 heavy (non-hydrogen) atoms. The van der Waals surface area contributed by atoms with Crippen molar-refractivity contribution < 1.29 is 13.2 Å². The lowest BCUT2D eigenvalue weighted by Gasteiger charge is -2.06. The molecule has 7 heteroatoms. The van der Waals surface area contributed by atoms with Crippen molar-refractivity contribution in [2.24, 2.45) is 4.99 Å². The van der Waals surface area contributed by atoms with E-state index in [1.807, 2.05) is 0 Å². The summed E-state index contributed by atoms with van der Waals surface area (Å²) in [4.78, 5) is 13.5. The Hall–Kier alpha value is -2.18. The molecule has 0 aliphatic rings. The number of aromatic amines is 1. The highest BCUT2D eigenvalue weighted by Gasteiger charge is 2.38. The zero-order valence-electron chi connectivity index (χ0n) is 10.1. The van der Waals surface area contributed by atoms with E-state index < -0.39 is 11.9 Å². The standard InChI is InChI=1S/C12H11F3N4/c1-16-10(12(13,14)15)11-18-7-9(19-11)6-8-2-4-17-5-3-8/h2-5,7H,6H2,1H3,(H,18,19). The van der Waals surface area contributed by atoms with Crippen LogP contribution >= 0.6 is 0 Å². The van der Waals surface area contributed by atoms with Crippen molar-refractivity contribution >= 4 is 5.71 Å². The van der Waals surface area contributed by atoms with Crippen LogP contribution in [-0.2, 0) is 6.42 Å². The van der Waals surface area contributed by atoms with E-state index in [0.29, 0.717) is 12.1 Å². The van der Waals surface area contributed by atoms with Crippen LogP contribution in [0.25, 0.3) is 0 Å². The fourth-order valence-corrected chi connectivity index (χ4v) is 1.66. The molecule has 2 aromatic heterocycles. The Morgan fingerprint density at radius 3 is 2.58 bits per heavy atom. The van der Waals surface area contributed by atoms with Gasteiger partial charge in [-0.1, -0.05) is 0 Å². The third-order valence-electron chi connectivity index (χ3n) is 2.49. The van der Waals surface area contributed by atoms with Crippen LogP contribution in [0.1, 0.15) is 17.1 Å². The van der Waals surface area contributed by atoms with E-state index in [4.69, 9.17) is 0 Å². The van der Waals surface area contributed by atoms with Crippen LogP contribution < -0.4 is 0 Å². The third-order valence-corrected chi connectivity index (χ3v) is 2.49. The van der Waals surface area contributed by atoms with Gasteiger partial charge in [-0.2, -0.15) is 13.2 Å². The summed E-state index contributed by atoms with van der Waals surface area (Å²) in [5.74, 6) is -0.265. The first-order valence-electron chi connectivity index (χ1n) is 5.48. The molecule has 0 atom stereocenters. The van der Waals surface area contributed by atoms with Gasteiger partial charge in [0, 0.05) is 37.8 Å². The molecule has 0 unspecified atom stereocenters. The van der Waals surface area contributed by atoms with Crippen LogP contribution in [0, 0.1) is 0 Å². The molecule has 4 nitrogen and oxygen atoms in total. The van der Waals surface area contributed by atoms with Crippen molar-refractivity contribution in [3.63, 3.8) is 0 Å². The maximum absolute atomic E-state index is 12.6. The number of halogens is 3. The Morgan fingerprint density at radius 2 is 2.00 bits per heavy atom. The lowest BCUT2D eigenvalue weighted by molar-refractivity contribution is -0.0584. The molecule has 0 amide bonds. The van der Waals surface area contributed by atoms with Gasteiger partial charge in [-0.25, -0.2) is 4.98 Å². The molecule has 0 fully saturated rings. The van der Waals surface area contributed by atoms with Gasteiger partial charge in [0.2, 0.25) is 0 Å². The molecule has 0 aliphatic carbocycles. The summed E-state index contributed by atoms with van der Waals surface area (Å²) >= 11 is 0. The molecule has 0 saturated heterocycles. The van der Waals surface area contributed by atoms with Gasteiger partial charge in [0.1, 0.15) is 0 Å². The number of alkyl halides is 3. The maximum Gasteiger partial charge on any atom is 0.436 e. The molecule has 100 valence electrons. The highest BCUT2D eigenvalue weighted by molar-refractivity contribution is 6.01. The third kappa shape index (κ3) is 3.18. The summed E-state index contributed by atoms with van der Waals surface area (Å²) in [6.07, 6.45) is 0.583. The lowest BCUT2D eigenvalue weighted by Crippen LogP contribution is -2.25. The predicted octanol–water partition coefficient (Wildman–Crippen LogP) is 2.38. The molecule has 0 spiro atoms. The summed E-state index contributed by atoms with van der Waals surface area (Å²) in [6, 6.07) is 3.58. The Morgan fingerprint density at radius 1 is 1.32 bits per heavy atom. The zero-order valence-corrected chi connectivity index (χ0v) is 10.1. The van der Waals surface area contributed by atoms with Crippen molar-refractivity contribution in [3.8, 4) is 0 Å².